The van der Waals surface area contributed by atoms with E-state index < -0.39 is 0 Å². The van der Waals surface area contributed by atoms with E-state index in [9.17, 15) is 4.79 Å². The van der Waals surface area contributed by atoms with Crippen LogP contribution >= 0.6 is 0 Å². The van der Waals surface area contributed by atoms with Crippen LogP contribution in [-0.4, -0.2) is 45.3 Å². The summed E-state index contributed by atoms with van der Waals surface area (Å²) in [7, 11) is 0. The number of carbonyl (C=O) groups excluding carboxylic acids is 1. The second kappa shape index (κ2) is 5.11. The normalized spacial score (nSPS) is 19.1. The second-order valence-corrected chi connectivity index (χ2v) is 3.09. The first-order valence-corrected chi connectivity index (χ1v) is 4.46. The second-order valence-electron chi connectivity index (χ2n) is 3.09. The first-order valence-electron chi connectivity index (χ1n) is 4.46. The molecule has 0 aromatic rings. The van der Waals surface area contributed by atoms with Crippen molar-refractivity contribution < 1.29 is 14.4 Å². The summed E-state index contributed by atoms with van der Waals surface area (Å²) in [6, 6.07) is 0. The molecule has 0 aromatic heterocycles. The van der Waals surface area contributed by atoms with Gasteiger partial charge in [-0.15, -0.1) is 0 Å². The van der Waals surface area contributed by atoms with Crippen molar-refractivity contribution in [1.29, 1.82) is 0 Å². The number of esters is 1. The predicted molar refractivity (Wildman–Crippen MR) is 45.1 cm³/mol. The average Bonchev–Trinajstić information content (AvgIpc) is 2.05. The molecule has 0 aromatic carbocycles. The highest BCUT2D eigenvalue weighted by molar-refractivity contribution is 5.65. The molecule has 4 nitrogen and oxygen atoms in total. The SMILES string of the molecule is CC(=O)OCC[NH+]1CCNCC1. The third-order valence-electron chi connectivity index (χ3n) is 2.07. The Morgan fingerprint density at radius 1 is 1.50 bits per heavy atom. The Hall–Kier alpha value is -0.610. The van der Waals surface area contributed by atoms with Crippen molar-refractivity contribution in [3.63, 3.8) is 0 Å². The van der Waals surface area contributed by atoms with E-state index in [1.807, 2.05) is 0 Å². The van der Waals surface area contributed by atoms with E-state index in [4.69, 9.17) is 4.74 Å². The quantitative estimate of drug-likeness (QED) is 0.487. The fraction of sp³-hybridized carbons (Fsp3) is 0.875. The summed E-state index contributed by atoms with van der Waals surface area (Å²) < 4.78 is 4.86. The van der Waals surface area contributed by atoms with Crippen LogP contribution in [0.1, 0.15) is 6.92 Å². The van der Waals surface area contributed by atoms with E-state index in [1.165, 1.54) is 11.8 Å². The van der Waals surface area contributed by atoms with Gasteiger partial charge in [-0.2, -0.15) is 0 Å². The molecule has 0 atom stereocenters. The Morgan fingerprint density at radius 2 is 2.17 bits per heavy atom. The predicted octanol–water partition coefficient (Wildman–Crippen LogP) is -1.96. The molecule has 1 heterocycles. The van der Waals surface area contributed by atoms with Gasteiger partial charge >= 0.3 is 5.97 Å². The topological polar surface area (TPSA) is 42.8 Å². The maximum atomic E-state index is 10.4. The molecule has 4 heteroatoms. The number of ether oxygens (including phenoxy) is 1. The minimum atomic E-state index is -0.176. The van der Waals surface area contributed by atoms with Gasteiger partial charge in [-0.25, -0.2) is 0 Å². The molecule has 0 spiro atoms. The number of hydrogen-bond donors (Lipinski definition) is 2. The van der Waals surface area contributed by atoms with Gasteiger partial charge in [-0.1, -0.05) is 0 Å². The van der Waals surface area contributed by atoms with Gasteiger partial charge in [0.25, 0.3) is 0 Å². The summed E-state index contributed by atoms with van der Waals surface area (Å²) in [5, 5.41) is 3.29. The molecular formula is C8H17N2O2+. The lowest BCUT2D eigenvalue weighted by atomic mass is 10.4. The Labute approximate surface area is 72.9 Å². The van der Waals surface area contributed by atoms with Crippen LogP contribution in [0.25, 0.3) is 0 Å². The van der Waals surface area contributed by atoms with Crippen LogP contribution in [0.2, 0.25) is 0 Å². The molecule has 0 unspecified atom stereocenters. The molecule has 0 bridgehead atoms. The molecule has 12 heavy (non-hydrogen) atoms. The molecule has 0 saturated carbocycles. The molecule has 2 N–H and O–H groups in total. The van der Waals surface area contributed by atoms with Gasteiger partial charge in [0, 0.05) is 20.0 Å². The third-order valence-corrected chi connectivity index (χ3v) is 2.07. The third kappa shape index (κ3) is 3.69. The van der Waals surface area contributed by atoms with Crippen molar-refractivity contribution in [3.05, 3.63) is 0 Å². The fourth-order valence-electron chi connectivity index (χ4n) is 1.37. The summed E-state index contributed by atoms with van der Waals surface area (Å²) >= 11 is 0. The molecule has 1 aliphatic heterocycles. The number of quaternary nitrogens is 1. The van der Waals surface area contributed by atoms with Crippen molar-refractivity contribution in [3.8, 4) is 0 Å². The Morgan fingerprint density at radius 3 is 2.75 bits per heavy atom. The summed E-state index contributed by atoms with van der Waals surface area (Å²) in [6.07, 6.45) is 0. The average molecular weight is 173 g/mol. The van der Waals surface area contributed by atoms with Gasteiger partial charge in [-0.05, 0) is 0 Å². The highest BCUT2D eigenvalue weighted by Gasteiger charge is 2.12. The maximum absolute atomic E-state index is 10.4. The number of carbonyl (C=O) groups is 1. The maximum Gasteiger partial charge on any atom is 0.302 e. The van der Waals surface area contributed by atoms with E-state index in [0.29, 0.717) is 6.61 Å². The lowest BCUT2D eigenvalue weighted by molar-refractivity contribution is -0.901. The molecule has 1 fully saturated rings. The Bertz CT molecular complexity index is 144. The molecule has 0 radical (unpaired) electrons. The molecule has 1 saturated heterocycles. The molecule has 1 rings (SSSR count). The van der Waals surface area contributed by atoms with Crippen molar-refractivity contribution in [2.45, 2.75) is 6.92 Å². The number of rotatable bonds is 3. The first kappa shape index (κ1) is 9.48. The number of nitrogens with one attached hydrogen (secondary N) is 2. The van der Waals surface area contributed by atoms with Gasteiger partial charge < -0.3 is 15.0 Å². The van der Waals surface area contributed by atoms with E-state index >= 15 is 0 Å². The van der Waals surface area contributed by atoms with Crippen molar-refractivity contribution in [2.24, 2.45) is 0 Å². The van der Waals surface area contributed by atoms with Crippen LogP contribution in [0.15, 0.2) is 0 Å². The minimum Gasteiger partial charge on any atom is -0.460 e. The van der Waals surface area contributed by atoms with Gasteiger partial charge in [-0.3, -0.25) is 4.79 Å². The fourth-order valence-corrected chi connectivity index (χ4v) is 1.37. The van der Waals surface area contributed by atoms with Crippen LogP contribution in [0.4, 0.5) is 0 Å². The lowest BCUT2D eigenvalue weighted by Crippen LogP contribution is -3.15. The highest BCUT2D eigenvalue weighted by Crippen LogP contribution is 1.72. The zero-order valence-electron chi connectivity index (χ0n) is 7.56. The summed E-state index contributed by atoms with van der Waals surface area (Å²) in [4.78, 5) is 12.0. The number of piperazine rings is 1. The van der Waals surface area contributed by atoms with Crippen molar-refractivity contribution in [2.75, 3.05) is 39.3 Å². The lowest BCUT2D eigenvalue weighted by Gasteiger charge is -2.23. The van der Waals surface area contributed by atoms with Crippen LogP contribution in [0, 0.1) is 0 Å². The molecule has 1 aliphatic rings. The summed E-state index contributed by atoms with van der Waals surface area (Å²) in [6.45, 7) is 7.40. The van der Waals surface area contributed by atoms with Crippen molar-refractivity contribution in [1.82, 2.24) is 5.32 Å². The first-order chi connectivity index (χ1) is 5.79. The standard InChI is InChI=1S/C8H16N2O2/c1-8(11)12-7-6-10-4-2-9-3-5-10/h9H,2-7H2,1H3/p+1. The zero-order chi connectivity index (χ0) is 8.81. The van der Waals surface area contributed by atoms with E-state index in [1.54, 1.807) is 0 Å². The monoisotopic (exact) mass is 173 g/mol. The van der Waals surface area contributed by atoms with Crippen LogP contribution in [0.3, 0.4) is 0 Å². The van der Waals surface area contributed by atoms with Gasteiger partial charge in [0.1, 0.15) is 13.2 Å². The largest absolute Gasteiger partial charge is 0.460 e. The molecule has 70 valence electrons. The zero-order valence-corrected chi connectivity index (χ0v) is 7.56. The van der Waals surface area contributed by atoms with E-state index in [-0.39, 0.29) is 5.97 Å². The van der Waals surface area contributed by atoms with Crippen molar-refractivity contribution >= 4 is 5.97 Å². The Kier molecular flexibility index (Phi) is 4.04. The smallest absolute Gasteiger partial charge is 0.302 e. The van der Waals surface area contributed by atoms with Gasteiger partial charge in [0.2, 0.25) is 0 Å². The molecule has 0 amide bonds. The number of hydrogen-bond acceptors (Lipinski definition) is 3. The van der Waals surface area contributed by atoms with Gasteiger partial charge in [0.05, 0.1) is 13.1 Å². The van der Waals surface area contributed by atoms with E-state index in [2.05, 4.69) is 5.32 Å². The van der Waals surface area contributed by atoms with Gasteiger partial charge in [0.15, 0.2) is 0 Å². The summed E-state index contributed by atoms with van der Waals surface area (Å²) in [5.41, 5.74) is 0. The van der Waals surface area contributed by atoms with Crippen LogP contribution in [0.5, 0.6) is 0 Å². The summed E-state index contributed by atoms with van der Waals surface area (Å²) in [5.74, 6) is -0.176. The van der Waals surface area contributed by atoms with Crippen LogP contribution in [-0.2, 0) is 9.53 Å². The van der Waals surface area contributed by atoms with Crippen LogP contribution < -0.4 is 10.2 Å². The highest BCUT2D eigenvalue weighted by atomic mass is 16.5. The molecular weight excluding hydrogens is 156 g/mol. The van der Waals surface area contributed by atoms with E-state index in [0.717, 1.165) is 32.7 Å². The Balaban J connectivity index is 2.01. The minimum absolute atomic E-state index is 0.176. The molecule has 0 aliphatic carbocycles.